The van der Waals surface area contributed by atoms with Gasteiger partial charge in [0.2, 0.25) is 0 Å². The lowest BCUT2D eigenvalue weighted by Gasteiger charge is -2.22. The molecule has 0 saturated carbocycles. The Morgan fingerprint density at radius 1 is 1.08 bits per heavy atom. The smallest absolute Gasteiger partial charge is 0.407 e. The normalized spacial score (nSPS) is 14.6. The van der Waals surface area contributed by atoms with Crippen LogP contribution < -0.4 is 11.1 Å². The Hall–Kier alpha value is -2.33. The molecule has 4 heteroatoms. The molecule has 2 aromatic rings. The number of carbonyl (C=O) groups excluding carboxylic acids is 1. The van der Waals surface area contributed by atoms with E-state index >= 15 is 0 Å². The van der Waals surface area contributed by atoms with E-state index in [1.54, 1.807) is 0 Å². The standard InChI is InChI=1S/C21H26N2O2/c1-21(2,3)25-20(24)23-13-14(22)12-19-17-10-6-4-8-15(17)16-9-5-7-11-18(16)19/h4-11,14,19H,12-13,22H2,1-3H3,(H,23,24). The maximum atomic E-state index is 11.8. The van der Waals surface area contributed by atoms with Gasteiger partial charge in [0.1, 0.15) is 5.60 Å². The molecule has 0 saturated heterocycles. The first-order chi connectivity index (χ1) is 11.8. The topological polar surface area (TPSA) is 64.3 Å². The third kappa shape index (κ3) is 4.02. The van der Waals surface area contributed by atoms with Crippen LogP contribution in [0.1, 0.15) is 44.2 Å². The van der Waals surface area contributed by atoms with Gasteiger partial charge in [0, 0.05) is 18.5 Å². The maximum Gasteiger partial charge on any atom is 0.407 e. The number of benzene rings is 2. The number of nitrogens with two attached hydrogens (primary N) is 1. The van der Waals surface area contributed by atoms with E-state index in [1.165, 1.54) is 22.3 Å². The molecule has 0 aromatic heterocycles. The summed E-state index contributed by atoms with van der Waals surface area (Å²) in [7, 11) is 0. The summed E-state index contributed by atoms with van der Waals surface area (Å²) in [5, 5.41) is 2.77. The number of hydrogen-bond donors (Lipinski definition) is 2. The molecule has 0 fully saturated rings. The van der Waals surface area contributed by atoms with Crippen molar-refractivity contribution < 1.29 is 9.53 Å². The Balaban J connectivity index is 1.68. The van der Waals surface area contributed by atoms with Crippen LogP contribution in [0.4, 0.5) is 4.79 Å². The first-order valence-corrected chi connectivity index (χ1v) is 8.76. The first-order valence-electron chi connectivity index (χ1n) is 8.76. The predicted octanol–water partition coefficient (Wildman–Crippen LogP) is 4.04. The summed E-state index contributed by atoms with van der Waals surface area (Å²) in [5.74, 6) is 0.267. The molecule has 0 radical (unpaired) electrons. The highest BCUT2D eigenvalue weighted by atomic mass is 16.6. The number of ether oxygens (including phenoxy) is 1. The molecule has 132 valence electrons. The average Bonchev–Trinajstić information content (AvgIpc) is 2.86. The molecule has 1 aliphatic rings. The summed E-state index contributed by atoms with van der Waals surface area (Å²) >= 11 is 0. The third-order valence-electron chi connectivity index (χ3n) is 4.41. The lowest BCUT2D eigenvalue weighted by atomic mass is 9.90. The largest absolute Gasteiger partial charge is 0.444 e. The summed E-state index contributed by atoms with van der Waals surface area (Å²) in [4.78, 5) is 11.8. The molecular formula is C21H26N2O2. The lowest BCUT2D eigenvalue weighted by molar-refractivity contribution is 0.0524. The average molecular weight is 338 g/mol. The van der Waals surface area contributed by atoms with Gasteiger partial charge in [-0.05, 0) is 49.4 Å². The van der Waals surface area contributed by atoms with E-state index in [4.69, 9.17) is 10.5 Å². The summed E-state index contributed by atoms with van der Waals surface area (Å²) in [6, 6.07) is 16.8. The van der Waals surface area contributed by atoms with Crippen LogP contribution in [0.25, 0.3) is 11.1 Å². The third-order valence-corrected chi connectivity index (χ3v) is 4.41. The summed E-state index contributed by atoms with van der Waals surface area (Å²) in [6.45, 7) is 5.94. The van der Waals surface area contributed by atoms with Crippen LogP contribution in [0, 0.1) is 0 Å². The zero-order chi connectivity index (χ0) is 18.0. The second-order valence-corrected chi connectivity index (χ2v) is 7.61. The van der Waals surface area contributed by atoms with Crippen LogP contribution in [-0.2, 0) is 4.74 Å². The van der Waals surface area contributed by atoms with Gasteiger partial charge in [0.05, 0.1) is 0 Å². The molecule has 25 heavy (non-hydrogen) atoms. The van der Waals surface area contributed by atoms with Crippen molar-refractivity contribution in [3.8, 4) is 11.1 Å². The Morgan fingerprint density at radius 3 is 2.12 bits per heavy atom. The van der Waals surface area contributed by atoms with Crippen LogP contribution in [0.5, 0.6) is 0 Å². The quantitative estimate of drug-likeness (QED) is 0.884. The van der Waals surface area contributed by atoms with Crippen molar-refractivity contribution in [2.45, 2.75) is 44.8 Å². The van der Waals surface area contributed by atoms with Crippen molar-refractivity contribution in [1.82, 2.24) is 5.32 Å². The number of amides is 1. The number of alkyl carbamates (subject to hydrolysis) is 1. The minimum atomic E-state index is -0.502. The molecule has 0 heterocycles. The fourth-order valence-corrected chi connectivity index (χ4v) is 3.43. The van der Waals surface area contributed by atoms with E-state index in [-0.39, 0.29) is 12.0 Å². The summed E-state index contributed by atoms with van der Waals surface area (Å²) < 4.78 is 5.26. The van der Waals surface area contributed by atoms with Gasteiger partial charge in [-0.15, -0.1) is 0 Å². The van der Waals surface area contributed by atoms with E-state index in [0.717, 1.165) is 6.42 Å². The van der Waals surface area contributed by atoms with Gasteiger partial charge >= 0.3 is 6.09 Å². The number of fused-ring (bicyclic) bond motifs is 3. The van der Waals surface area contributed by atoms with Gasteiger partial charge in [-0.3, -0.25) is 0 Å². The van der Waals surface area contributed by atoms with Gasteiger partial charge in [0.25, 0.3) is 0 Å². The molecule has 3 rings (SSSR count). The van der Waals surface area contributed by atoms with Crippen molar-refractivity contribution in [3.05, 3.63) is 59.7 Å². The van der Waals surface area contributed by atoms with E-state index in [0.29, 0.717) is 6.54 Å². The second kappa shape index (κ2) is 6.89. The van der Waals surface area contributed by atoms with Crippen LogP contribution in [-0.4, -0.2) is 24.3 Å². The highest BCUT2D eigenvalue weighted by molar-refractivity contribution is 5.78. The molecule has 1 aliphatic carbocycles. The summed E-state index contributed by atoms with van der Waals surface area (Å²) in [6.07, 6.45) is 0.360. The van der Waals surface area contributed by atoms with E-state index < -0.39 is 11.7 Å². The fourth-order valence-electron chi connectivity index (χ4n) is 3.43. The number of hydrogen-bond acceptors (Lipinski definition) is 3. The minimum absolute atomic E-state index is 0.142. The molecular weight excluding hydrogens is 312 g/mol. The van der Waals surface area contributed by atoms with Crippen molar-refractivity contribution in [2.75, 3.05) is 6.54 Å². The molecule has 4 nitrogen and oxygen atoms in total. The maximum absolute atomic E-state index is 11.8. The highest BCUT2D eigenvalue weighted by Gasteiger charge is 2.29. The molecule has 0 aliphatic heterocycles. The lowest BCUT2D eigenvalue weighted by Crippen LogP contribution is -2.40. The Morgan fingerprint density at radius 2 is 1.60 bits per heavy atom. The van der Waals surface area contributed by atoms with Gasteiger partial charge < -0.3 is 15.8 Å². The van der Waals surface area contributed by atoms with Gasteiger partial charge in [-0.2, -0.15) is 0 Å². The van der Waals surface area contributed by atoms with Crippen molar-refractivity contribution in [2.24, 2.45) is 5.73 Å². The minimum Gasteiger partial charge on any atom is -0.444 e. The molecule has 2 aromatic carbocycles. The van der Waals surface area contributed by atoms with Crippen molar-refractivity contribution in [3.63, 3.8) is 0 Å². The van der Waals surface area contributed by atoms with Crippen LogP contribution in [0.3, 0.4) is 0 Å². The zero-order valence-electron chi connectivity index (χ0n) is 15.1. The van der Waals surface area contributed by atoms with E-state index in [1.807, 2.05) is 20.8 Å². The zero-order valence-corrected chi connectivity index (χ0v) is 15.1. The number of rotatable bonds is 4. The van der Waals surface area contributed by atoms with Crippen molar-refractivity contribution >= 4 is 6.09 Å². The van der Waals surface area contributed by atoms with Gasteiger partial charge in [-0.25, -0.2) is 4.79 Å². The van der Waals surface area contributed by atoms with E-state index in [9.17, 15) is 4.79 Å². The second-order valence-electron chi connectivity index (χ2n) is 7.61. The molecule has 1 amide bonds. The SMILES string of the molecule is CC(C)(C)OC(=O)NCC(N)CC1c2ccccc2-c2ccccc21. The molecule has 1 unspecified atom stereocenters. The van der Waals surface area contributed by atoms with Crippen LogP contribution in [0.2, 0.25) is 0 Å². The summed E-state index contributed by atoms with van der Waals surface area (Å²) in [5.41, 5.74) is 11.0. The number of nitrogens with one attached hydrogen (secondary N) is 1. The van der Waals surface area contributed by atoms with Gasteiger partial charge in [0.15, 0.2) is 0 Å². The Bertz CT molecular complexity index is 719. The Kier molecular flexibility index (Phi) is 4.82. The monoisotopic (exact) mass is 338 g/mol. The van der Waals surface area contributed by atoms with Gasteiger partial charge in [-0.1, -0.05) is 48.5 Å². The fraction of sp³-hybridized carbons (Fsp3) is 0.381. The van der Waals surface area contributed by atoms with E-state index in [2.05, 4.69) is 53.8 Å². The van der Waals surface area contributed by atoms with Crippen molar-refractivity contribution in [1.29, 1.82) is 0 Å². The molecule has 3 N–H and O–H groups in total. The molecule has 0 spiro atoms. The van der Waals surface area contributed by atoms with Crippen LogP contribution >= 0.6 is 0 Å². The Labute approximate surface area is 149 Å². The first kappa shape index (κ1) is 17.5. The molecule has 0 bridgehead atoms. The predicted molar refractivity (Wildman–Crippen MR) is 101 cm³/mol. The highest BCUT2D eigenvalue weighted by Crippen LogP contribution is 2.46. The van der Waals surface area contributed by atoms with Crippen LogP contribution in [0.15, 0.2) is 48.5 Å². The molecule has 1 atom stereocenters. The number of carbonyl (C=O) groups is 1.